The Labute approximate surface area is 158 Å². The van der Waals surface area contributed by atoms with Crippen molar-refractivity contribution in [3.05, 3.63) is 35.9 Å². The van der Waals surface area contributed by atoms with E-state index >= 15 is 0 Å². The van der Waals surface area contributed by atoms with Gasteiger partial charge in [0.05, 0.1) is 11.7 Å². The van der Waals surface area contributed by atoms with E-state index in [1.54, 1.807) is 6.26 Å². The fourth-order valence-corrected chi connectivity index (χ4v) is 3.51. The molecule has 1 unspecified atom stereocenters. The van der Waals surface area contributed by atoms with Crippen LogP contribution in [-0.4, -0.2) is 22.4 Å². The van der Waals surface area contributed by atoms with Crippen LogP contribution < -0.4 is 16.0 Å². The summed E-state index contributed by atoms with van der Waals surface area (Å²) in [7, 11) is 0. The SMILES string of the molecule is CC(C)CNc1nc(NC2=CCC3C(=C2)NC(=O)C3(C)C)nc2ccoc12. The number of aromatic nitrogens is 2. The van der Waals surface area contributed by atoms with Gasteiger partial charge in [0.1, 0.15) is 5.52 Å². The summed E-state index contributed by atoms with van der Waals surface area (Å²) in [5, 5.41) is 9.61. The van der Waals surface area contributed by atoms with E-state index in [0.717, 1.165) is 29.9 Å². The van der Waals surface area contributed by atoms with Crippen LogP contribution in [-0.2, 0) is 4.79 Å². The summed E-state index contributed by atoms with van der Waals surface area (Å²) in [4.78, 5) is 21.3. The predicted octanol–water partition coefficient (Wildman–Crippen LogP) is 3.65. The molecule has 0 saturated carbocycles. The molecule has 142 valence electrons. The highest BCUT2D eigenvalue weighted by atomic mass is 16.3. The minimum Gasteiger partial charge on any atom is -0.459 e. The number of nitrogens with one attached hydrogen (secondary N) is 3. The molecule has 2 aliphatic rings. The van der Waals surface area contributed by atoms with Gasteiger partial charge in [0.25, 0.3) is 0 Å². The lowest BCUT2D eigenvalue weighted by Gasteiger charge is -2.25. The molecule has 1 fully saturated rings. The van der Waals surface area contributed by atoms with E-state index in [1.807, 2.05) is 26.0 Å². The van der Waals surface area contributed by atoms with Gasteiger partial charge in [0, 0.05) is 29.9 Å². The topological polar surface area (TPSA) is 92.1 Å². The number of carbonyl (C=O) groups is 1. The van der Waals surface area contributed by atoms with Gasteiger partial charge in [-0.3, -0.25) is 4.79 Å². The molecule has 1 atom stereocenters. The lowest BCUT2D eigenvalue weighted by molar-refractivity contribution is -0.127. The minimum absolute atomic E-state index is 0.0737. The van der Waals surface area contributed by atoms with Crippen LogP contribution in [0.2, 0.25) is 0 Å². The van der Waals surface area contributed by atoms with Crippen LogP contribution in [0.3, 0.4) is 0 Å². The highest BCUT2D eigenvalue weighted by Crippen LogP contribution is 2.42. The van der Waals surface area contributed by atoms with E-state index in [4.69, 9.17) is 4.42 Å². The third-order valence-corrected chi connectivity index (χ3v) is 5.21. The molecule has 3 heterocycles. The molecule has 0 bridgehead atoms. The van der Waals surface area contributed by atoms with Gasteiger partial charge in [0.2, 0.25) is 11.9 Å². The predicted molar refractivity (Wildman–Crippen MR) is 105 cm³/mol. The van der Waals surface area contributed by atoms with Crippen molar-refractivity contribution in [1.82, 2.24) is 15.3 Å². The summed E-state index contributed by atoms with van der Waals surface area (Å²) in [5.74, 6) is 1.93. The first-order valence-electron chi connectivity index (χ1n) is 9.34. The second-order valence-electron chi connectivity index (χ2n) is 8.15. The largest absolute Gasteiger partial charge is 0.459 e. The van der Waals surface area contributed by atoms with Crippen molar-refractivity contribution in [2.75, 3.05) is 17.2 Å². The number of nitrogens with zero attached hydrogens (tertiary/aromatic N) is 2. The number of anilines is 2. The van der Waals surface area contributed by atoms with Gasteiger partial charge in [-0.15, -0.1) is 0 Å². The van der Waals surface area contributed by atoms with Crippen LogP contribution in [0.4, 0.5) is 11.8 Å². The zero-order valence-electron chi connectivity index (χ0n) is 16.1. The number of hydrogen-bond acceptors (Lipinski definition) is 6. The number of fused-ring (bicyclic) bond motifs is 2. The number of allylic oxidation sites excluding steroid dienone is 3. The molecule has 3 N–H and O–H groups in total. The van der Waals surface area contributed by atoms with Crippen molar-refractivity contribution < 1.29 is 9.21 Å². The van der Waals surface area contributed by atoms with Crippen molar-refractivity contribution in [1.29, 1.82) is 0 Å². The fourth-order valence-electron chi connectivity index (χ4n) is 3.51. The van der Waals surface area contributed by atoms with Crippen LogP contribution in [0.1, 0.15) is 34.1 Å². The monoisotopic (exact) mass is 367 g/mol. The molecule has 1 aliphatic heterocycles. The highest BCUT2D eigenvalue weighted by molar-refractivity contribution is 5.88. The molecule has 2 aromatic heterocycles. The second kappa shape index (κ2) is 6.40. The maximum absolute atomic E-state index is 12.2. The summed E-state index contributed by atoms with van der Waals surface area (Å²) >= 11 is 0. The van der Waals surface area contributed by atoms with Crippen molar-refractivity contribution in [2.24, 2.45) is 17.3 Å². The zero-order valence-corrected chi connectivity index (χ0v) is 16.1. The molecule has 7 heteroatoms. The standard InChI is InChI=1S/C20H25N5O2/c1-11(2)10-21-17-16-14(7-8-27-16)24-19(25-17)22-12-5-6-13-15(9-12)23-18(26)20(13,3)4/h5,7-9,11,13H,6,10H2,1-4H3,(H,23,26)(H2,21,22,24,25). The van der Waals surface area contributed by atoms with E-state index in [-0.39, 0.29) is 17.2 Å². The molecule has 0 radical (unpaired) electrons. The average Bonchev–Trinajstić information content (AvgIpc) is 3.15. The molecular weight excluding hydrogens is 342 g/mol. The summed E-state index contributed by atoms with van der Waals surface area (Å²) in [6, 6.07) is 1.83. The van der Waals surface area contributed by atoms with Gasteiger partial charge in [-0.25, -0.2) is 4.98 Å². The Hall–Kier alpha value is -2.83. The normalized spacial score (nSPS) is 20.9. The van der Waals surface area contributed by atoms with Gasteiger partial charge in [-0.2, -0.15) is 4.98 Å². The summed E-state index contributed by atoms with van der Waals surface area (Å²) in [6.45, 7) is 9.05. The quantitative estimate of drug-likeness (QED) is 0.747. The number of hydrogen-bond donors (Lipinski definition) is 3. The molecular formula is C20H25N5O2. The molecule has 4 rings (SSSR count). The number of rotatable bonds is 5. The van der Waals surface area contributed by atoms with E-state index in [1.165, 1.54) is 0 Å². The second-order valence-corrected chi connectivity index (χ2v) is 8.15. The van der Waals surface area contributed by atoms with E-state index in [2.05, 4.69) is 45.8 Å². The van der Waals surface area contributed by atoms with Crippen LogP contribution in [0.15, 0.2) is 40.3 Å². The Kier molecular flexibility index (Phi) is 4.17. The van der Waals surface area contributed by atoms with E-state index in [9.17, 15) is 4.79 Å². The molecule has 1 aliphatic carbocycles. The smallest absolute Gasteiger partial charge is 0.230 e. The van der Waals surface area contributed by atoms with Crippen molar-refractivity contribution >= 4 is 28.8 Å². The van der Waals surface area contributed by atoms with Gasteiger partial charge in [0.15, 0.2) is 11.4 Å². The van der Waals surface area contributed by atoms with E-state index < -0.39 is 0 Å². The van der Waals surface area contributed by atoms with Crippen LogP contribution in [0.25, 0.3) is 11.1 Å². The molecule has 1 amide bonds. The maximum Gasteiger partial charge on any atom is 0.230 e. The molecule has 27 heavy (non-hydrogen) atoms. The highest BCUT2D eigenvalue weighted by Gasteiger charge is 2.45. The number of amides is 1. The number of carbonyl (C=O) groups excluding carboxylic acids is 1. The van der Waals surface area contributed by atoms with Gasteiger partial charge in [-0.05, 0) is 18.4 Å². The lowest BCUT2D eigenvalue weighted by atomic mass is 9.76. The average molecular weight is 367 g/mol. The zero-order chi connectivity index (χ0) is 19.2. The molecule has 0 spiro atoms. The number of furan rings is 1. The van der Waals surface area contributed by atoms with Crippen LogP contribution in [0.5, 0.6) is 0 Å². The first-order valence-corrected chi connectivity index (χ1v) is 9.34. The lowest BCUT2D eigenvalue weighted by Crippen LogP contribution is -2.28. The Bertz CT molecular complexity index is 954. The van der Waals surface area contributed by atoms with Crippen molar-refractivity contribution in [2.45, 2.75) is 34.1 Å². The first kappa shape index (κ1) is 17.6. The van der Waals surface area contributed by atoms with Gasteiger partial charge in [-0.1, -0.05) is 33.8 Å². The van der Waals surface area contributed by atoms with Crippen molar-refractivity contribution in [3.63, 3.8) is 0 Å². The van der Waals surface area contributed by atoms with Gasteiger partial charge >= 0.3 is 0 Å². The van der Waals surface area contributed by atoms with E-state index in [0.29, 0.717) is 23.3 Å². The van der Waals surface area contributed by atoms with Crippen molar-refractivity contribution in [3.8, 4) is 0 Å². The van der Waals surface area contributed by atoms with Crippen LogP contribution in [0, 0.1) is 17.3 Å². The third-order valence-electron chi connectivity index (χ3n) is 5.21. The summed E-state index contributed by atoms with van der Waals surface area (Å²) in [6.07, 6.45) is 6.49. The molecule has 2 aromatic rings. The minimum atomic E-state index is -0.381. The fraction of sp³-hybridized carbons (Fsp3) is 0.450. The first-order chi connectivity index (χ1) is 12.8. The Balaban J connectivity index is 1.58. The molecule has 1 saturated heterocycles. The molecule has 0 aromatic carbocycles. The molecule has 7 nitrogen and oxygen atoms in total. The summed E-state index contributed by atoms with van der Waals surface area (Å²) in [5.41, 5.74) is 2.86. The van der Waals surface area contributed by atoms with Gasteiger partial charge < -0.3 is 20.4 Å². The Morgan fingerprint density at radius 1 is 1.37 bits per heavy atom. The summed E-state index contributed by atoms with van der Waals surface area (Å²) < 4.78 is 5.53. The Morgan fingerprint density at radius 2 is 2.19 bits per heavy atom. The maximum atomic E-state index is 12.2. The van der Waals surface area contributed by atoms with Crippen LogP contribution >= 0.6 is 0 Å². The Morgan fingerprint density at radius 3 is 2.96 bits per heavy atom. The third kappa shape index (κ3) is 3.18.